The molecule has 1 amide bonds. The molecule has 0 saturated carbocycles. The molecule has 0 aliphatic heterocycles. The number of pyridine rings is 1. The van der Waals surface area contributed by atoms with E-state index in [1.54, 1.807) is 4.68 Å². The maximum absolute atomic E-state index is 13.5. The summed E-state index contributed by atoms with van der Waals surface area (Å²) in [6, 6.07) is 19.6. The third-order valence-electron chi connectivity index (χ3n) is 5.51. The van der Waals surface area contributed by atoms with Crippen molar-refractivity contribution >= 4 is 33.9 Å². The van der Waals surface area contributed by atoms with Gasteiger partial charge in [0.15, 0.2) is 5.65 Å². The smallest absolute Gasteiger partial charge is 0.258 e. The second-order valence-corrected chi connectivity index (χ2v) is 7.87. The molecule has 1 N–H and O–H groups in total. The number of carbonyl (C=O) groups excluding carboxylic acids is 1. The molecule has 2 aromatic carbocycles. The topological polar surface area (TPSA) is 77.6 Å². The van der Waals surface area contributed by atoms with Gasteiger partial charge < -0.3 is 4.57 Å². The summed E-state index contributed by atoms with van der Waals surface area (Å²) in [6.45, 7) is 6.67. The Morgan fingerprint density at radius 1 is 1.00 bits per heavy atom. The van der Waals surface area contributed by atoms with E-state index in [-0.39, 0.29) is 5.91 Å². The number of aromatic nitrogens is 5. The third kappa shape index (κ3) is 3.32. The number of rotatable bonds is 5. The lowest BCUT2D eigenvalue weighted by molar-refractivity contribution is 0.102. The van der Waals surface area contributed by atoms with Crippen molar-refractivity contribution in [1.29, 1.82) is 0 Å². The van der Waals surface area contributed by atoms with Crippen molar-refractivity contribution in [3.05, 3.63) is 77.6 Å². The first-order valence-corrected chi connectivity index (χ1v) is 10.8. The summed E-state index contributed by atoms with van der Waals surface area (Å²) >= 11 is 0. The highest BCUT2D eigenvalue weighted by Gasteiger charge is 2.21. The second kappa shape index (κ2) is 7.92. The molecule has 160 valence electrons. The van der Waals surface area contributed by atoms with Gasteiger partial charge in [-0.15, -0.1) is 0 Å². The van der Waals surface area contributed by atoms with Crippen LogP contribution in [0.3, 0.4) is 0 Å². The molecule has 7 heteroatoms. The van der Waals surface area contributed by atoms with Crippen LogP contribution in [-0.4, -0.2) is 30.2 Å². The number of imidazole rings is 1. The van der Waals surface area contributed by atoms with Crippen LogP contribution in [0.4, 0.5) is 5.95 Å². The number of hydrogen-bond donors (Lipinski definition) is 1. The molecule has 32 heavy (non-hydrogen) atoms. The number of fused-ring (bicyclic) bond motifs is 2. The average molecular weight is 425 g/mol. The van der Waals surface area contributed by atoms with Gasteiger partial charge in [0.1, 0.15) is 0 Å². The molecular weight excluding hydrogens is 400 g/mol. The van der Waals surface area contributed by atoms with Crippen LogP contribution in [0.25, 0.3) is 27.8 Å². The Kier molecular flexibility index (Phi) is 4.93. The van der Waals surface area contributed by atoms with E-state index in [1.165, 1.54) is 0 Å². The normalized spacial score (nSPS) is 11.3. The number of nitrogens with zero attached hydrogens (tertiary/aromatic N) is 5. The summed E-state index contributed by atoms with van der Waals surface area (Å²) in [5.41, 5.74) is 5.49. The zero-order chi connectivity index (χ0) is 22.2. The van der Waals surface area contributed by atoms with Crippen molar-refractivity contribution < 1.29 is 4.79 Å². The third-order valence-corrected chi connectivity index (χ3v) is 5.51. The fraction of sp³-hybridized carbons (Fsp3) is 0.200. The molecule has 0 bridgehead atoms. The zero-order valence-corrected chi connectivity index (χ0v) is 18.3. The van der Waals surface area contributed by atoms with Gasteiger partial charge in [-0.1, -0.05) is 37.3 Å². The van der Waals surface area contributed by atoms with Crippen LogP contribution in [0.1, 0.15) is 35.1 Å². The number of carbonyl (C=O) groups is 1. The Morgan fingerprint density at radius 2 is 1.75 bits per heavy atom. The molecule has 0 aliphatic rings. The lowest BCUT2D eigenvalue weighted by atomic mass is 10.1. The van der Waals surface area contributed by atoms with Crippen molar-refractivity contribution in [2.75, 3.05) is 5.32 Å². The lowest BCUT2D eigenvalue weighted by Gasteiger charge is -2.10. The van der Waals surface area contributed by atoms with E-state index in [9.17, 15) is 4.79 Å². The number of nitrogens with one attached hydrogen (secondary N) is 1. The van der Waals surface area contributed by atoms with Gasteiger partial charge in [-0.3, -0.25) is 10.1 Å². The maximum atomic E-state index is 13.5. The fourth-order valence-electron chi connectivity index (χ4n) is 4.13. The Morgan fingerprint density at radius 3 is 2.53 bits per heavy atom. The van der Waals surface area contributed by atoms with Crippen molar-refractivity contribution in [2.45, 2.75) is 33.7 Å². The van der Waals surface area contributed by atoms with Crippen LogP contribution in [0.15, 0.2) is 60.7 Å². The Hall–Kier alpha value is -4.00. The minimum absolute atomic E-state index is 0.219. The van der Waals surface area contributed by atoms with Gasteiger partial charge in [-0.05, 0) is 50.6 Å². The van der Waals surface area contributed by atoms with E-state index >= 15 is 0 Å². The number of benzene rings is 2. The molecule has 5 aromatic rings. The second-order valence-electron chi connectivity index (χ2n) is 7.87. The molecule has 0 aliphatic carbocycles. The van der Waals surface area contributed by atoms with E-state index in [0.29, 0.717) is 17.2 Å². The van der Waals surface area contributed by atoms with Gasteiger partial charge in [0.05, 0.1) is 33.4 Å². The molecule has 0 saturated heterocycles. The molecule has 0 spiro atoms. The largest absolute Gasteiger partial charge is 0.310 e. The van der Waals surface area contributed by atoms with Gasteiger partial charge in [-0.2, -0.15) is 5.10 Å². The molecule has 5 rings (SSSR count). The molecule has 7 nitrogen and oxygen atoms in total. The van der Waals surface area contributed by atoms with E-state index in [4.69, 9.17) is 4.98 Å². The van der Waals surface area contributed by atoms with Gasteiger partial charge in [-0.25, -0.2) is 14.6 Å². The quantitative estimate of drug-likeness (QED) is 0.428. The number of amides is 1. The first kappa shape index (κ1) is 19.9. The van der Waals surface area contributed by atoms with E-state index < -0.39 is 0 Å². The minimum Gasteiger partial charge on any atom is -0.310 e. The highest BCUT2D eigenvalue weighted by Crippen LogP contribution is 2.26. The van der Waals surface area contributed by atoms with Crippen molar-refractivity contribution in [1.82, 2.24) is 24.3 Å². The Balaban J connectivity index is 1.61. The monoisotopic (exact) mass is 424 g/mol. The Bertz CT molecular complexity index is 1450. The zero-order valence-electron chi connectivity index (χ0n) is 18.3. The van der Waals surface area contributed by atoms with Crippen LogP contribution in [0.5, 0.6) is 0 Å². The standard InChI is InChI=1S/C25H24N6O/c1-4-14-30-21-13-9-8-12-20(21)27-25(30)28-24(32)19-15-16(2)26-23-22(19)17(3)29-31(23)18-10-6-5-7-11-18/h5-13,15H,4,14H2,1-3H3,(H,27,28,32). The number of para-hydroxylation sites is 3. The molecule has 3 aromatic heterocycles. The average Bonchev–Trinajstić information content (AvgIpc) is 3.31. The van der Waals surface area contributed by atoms with Crippen LogP contribution in [0.2, 0.25) is 0 Å². The summed E-state index contributed by atoms with van der Waals surface area (Å²) in [5, 5.41) is 8.48. The van der Waals surface area contributed by atoms with Gasteiger partial charge in [0.25, 0.3) is 5.91 Å². The first-order chi connectivity index (χ1) is 15.6. The molecular formula is C25H24N6O. The van der Waals surface area contributed by atoms with Crippen LogP contribution in [0, 0.1) is 13.8 Å². The number of hydrogen-bond acceptors (Lipinski definition) is 4. The highest BCUT2D eigenvalue weighted by atomic mass is 16.1. The SMILES string of the molecule is CCCn1c(NC(=O)c2cc(C)nc3c2c(C)nn3-c2ccccc2)nc2ccccc21. The maximum Gasteiger partial charge on any atom is 0.258 e. The van der Waals surface area contributed by atoms with Gasteiger partial charge in [0, 0.05) is 12.2 Å². The lowest BCUT2D eigenvalue weighted by Crippen LogP contribution is -2.17. The number of aryl methyl sites for hydroxylation is 3. The van der Waals surface area contributed by atoms with Crippen LogP contribution < -0.4 is 5.32 Å². The summed E-state index contributed by atoms with van der Waals surface area (Å²) < 4.78 is 3.85. The molecule has 0 fully saturated rings. The summed E-state index contributed by atoms with van der Waals surface area (Å²) in [7, 11) is 0. The summed E-state index contributed by atoms with van der Waals surface area (Å²) in [6.07, 6.45) is 0.935. The first-order valence-electron chi connectivity index (χ1n) is 10.8. The predicted octanol–water partition coefficient (Wildman–Crippen LogP) is 5.05. The van der Waals surface area contributed by atoms with Crippen molar-refractivity contribution in [2.24, 2.45) is 0 Å². The minimum atomic E-state index is -0.219. The Labute approximate surface area is 185 Å². The van der Waals surface area contributed by atoms with Gasteiger partial charge in [0.2, 0.25) is 5.95 Å². The fourth-order valence-corrected chi connectivity index (χ4v) is 4.13. The molecule has 0 unspecified atom stereocenters. The highest BCUT2D eigenvalue weighted by molar-refractivity contribution is 6.12. The summed E-state index contributed by atoms with van der Waals surface area (Å²) in [5.74, 6) is 0.331. The van der Waals surface area contributed by atoms with Crippen molar-refractivity contribution in [3.63, 3.8) is 0 Å². The number of anilines is 1. The molecule has 0 atom stereocenters. The van der Waals surface area contributed by atoms with Crippen LogP contribution >= 0.6 is 0 Å². The van der Waals surface area contributed by atoms with E-state index in [2.05, 4.69) is 26.9 Å². The van der Waals surface area contributed by atoms with Crippen LogP contribution in [-0.2, 0) is 6.54 Å². The predicted molar refractivity (Wildman–Crippen MR) is 126 cm³/mol. The molecule has 3 heterocycles. The van der Waals surface area contributed by atoms with E-state index in [1.807, 2.05) is 74.5 Å². The van der Waals surface area contributed by atoms with Gasteiger partial charge >= 0.3 is 0 Å². The van der Waals surface area contributed by atoms with Crippen molar-refractivity contribution in [3.8, 4) is 5.69 Å². The molecule has 0 radical (unpaired) electrons. The summed E-state index contributed by atoms with van der Waals surface area (Å²) in [4.78, 5) is 22.9. The van der Waals surface area contributed by atoms with E-state index in [0.717, 1.165) is 46.5 Å².